The topological polar surface area (TPSA) is 17.1 Å². The maximum absolute atomic E-state index is 12.1. The lowest BCUT2D eigenvalue weighted by Crippen LogP contribution is -2.49. The van der Waals surface area contributed by atoms with Crippen molar-refractivity contribution in [2.45, 2.75) is 92.9 Å². The van der Waals surface area contributed by atoms with E-state index >= 15 is 0 Å². The van der Waals surface area contributed by atoms with E-state index in [1.54, 1.807) is 0 Å². The molecule has 0 radical (unpaired) electrons. The summed E-state index contributed by atoms with van der Waals surface area (Å²) in [5.41, 5.74) is 2.68. The van der Waals surface area contributed by atoms with Gasteiger partial charge in [-0.25, -0.2) is 0 Å². The summed E-state index contributed by atoms with van der Waals surface area (Å²) in [5.74, 6) is 5.57. The largest absolute Gasteiger partial charge is 0.300 e. The van der Waals surface area contributed by atoms with Gasteiger partial charge >= 0.3 is 0 Å². The number of rotatable bonds is 4. The third-order valence-corrected chi connectivity index (χ3v) is 10.4. The molecule has 0 amide bonds. The Labute approximate surface area is 179 Å². The number of carbonyl (C=O) groups is 1. The number of hydrogen-bond acceptors (Lipinski definition) is 1. The van der Waals surface area contributed by atoms with Crippen LogP contribution in [0.3, 0.4) is 0 Å². The van der Waals surface area contributed by atoms with Gasteiger partial charge in [-0.1, -0.05) is 65.3 Å². The predicted molar refractivity (Wildman–Crippen MR) is 123 cm³/mol. The van der Waals surface area contributed by atoms with E-state index in [0.717, 1.165) is 49.4 Å². The molecule has 29 heavy (non-hydrogen) atoms. The van der Waals surface area contributed by atoms with Crippen LogP contribution in [-0.4, -0.2) is 5.78 Å². The maximum Gasteiger partial charge on any atom is 0.133 e. The zero-order valence-corrected chi connectivity index (χ0v) is 19.8. The first-order valence-corrected chi connectivity index (χ1v) is 12.6. The molecule has 0 spiro atoms. The van der Waals surface area contributed by atoms with Crippen LogP contribution in [0, 0.1) is 52.3 Å². The van der Waals surface area contributed by atoms with Crippen LogP contribution in [0.4, 0.5) is 0 Å². The second kappa shape index (κ2) is 7.69. The first kappa shape index (κ1) is 21.4. The predicted octanol–water partition coefficient (Wildman–Crippen LogP) is 7.62. The molecular weight excluding hydrogens is 352 g/mol. The van der Waals surface area contributed by atoms with E-state index in [1.807, 2.05) is 5.57 Å². The first-order chi connectivity index (χ1) is 13.7. The lowest BCUT2D eigenvalue weighted by atomic mass is 9.48. The second-order valence-electron chi connectivity index (χ2n) is 12.1. The van der Waals surface area contributed by atoms with Crippen LogP contribution in [0.15, 0.2) is 23.8 Å². The van der Waals surface area contributed by atoms with Gasteiger partial charge in [0, 0.05) is 12.8 Å². The smallest absolute Gasteiger partial charge is 0.133 e. The lowest BCUT2D eigenvalue weighted by Gasteiger charge is -2.57. The van der Waals surface area contributed by atoms with E-state index in [-0.39, 0.29) is 0 Å². The Kier molecular flexibility index (Phi) is 5.67. The summed E-state index contributed by atoms with van der Waals surface area (Å²) in [6.07, 6.45) is 17.2. The van der Waals surface area contributed by atoms with Crippen LogP contribution in [-0.2, 0) is 4.79 Å². The zero-order chi connectivity index (χ0) is 21.0. The molecule has 4 rings (SSSR count). The number of hydrogen-bond donors (Lipinski definition) is 0. The van der Waals surface area contributed by atoms with Crippen molar-refractivity contribution in [1.29, 1.82) is 0 Å². The lowest BCUT2D eigenvalue weighted by molar-refractivity contribution is -0.127. The third-order valence-electron chi connectivity index (χ3n) is 10.4. The fourth-order valence-corrected chi connectivity index (χ4v) is 7.91. The summed E-state index contributed by atoms with van der Waals surface area (Å²) >= 11 is 0. The summed E-state index contributed by atoms with van der Waals surface area (Å²) in [4.78, 5) is 12.1. The van der Waals surface area contributed by atoms with E-state index in [2.05, 4.69) is 59.8 Å². The van der Waals surface area contributed by atoms with Gasteiger partial charge in [-0.2, -0.15) is 0 Å². The molecule has 0 aromatic heterocycles. The molecule has 8 atom stereocenters. The van der Waals surface area contributed by atoms with Gasteiger partial charge in [0.2, 0.25) is 0 Å². The average Bonchev–Trinajstić information content (AvgIpc) is 3.03. The molecule has 0 saturated heterocycles. The molecule has 0 unspecified atom stereocenters. The minimum atomic E-state index is 0.385. The quantitative estimate of drug-likeness (QED) is 0.447. The van der Waals surface area contributed by atoms with E-state index in [9.17, 15) is 4.79 Å². The number of ketones is 1. The normalized spacial score (nSPS) is 44.2. The van der Waals surface area contributed by atoms with Gasteiger partial charge in [0.25, 0.3) is 0 Å². The molecule has 0 N–H and O–H groups in total. The molecule has 0 aromatic rings. The highest BCUT2D eigenvalue weighted by Gasteiger charge is 2.57. The fraction of sp³-hybridized carbons (Fsp3) is 0.821. The monoisotopic (exact) mass is 396 g/mol. The van der Waals surface area contributed by atoms with Crippen molar-refractivity contribution in [3.63, 3.8) is 0 Å². The van der Waals surface area contributed by atoms with Crippen molar-refractivity contribution < 1.29 is 4.79 Å². The van der Waals surface area contributed by atoms with Gasteiger partial charge in [-0.15, -0.1) is 0 Å². The van der Waals surface area contributed by atoms with Crippen molar-refractivity contribution in [3.05, 3.63) is 23.8 Å². The van der Waals surface area contributed by atoms with Crippen molar-refractivity contribution in [1.82, 2.24) is 0 Å². The summed E-state index contributed by atoms with van der Waals surface area (Å²) < 4.78 is 0. The van der Waals surface area contributed by atoms with Crippen LogP contribution in [0.1, 0.15) is 92.9 Å². The Balaban J connectivity index is 1.55. The molecule has 1 nitrogen and oxygen atoms in total. The SMILES string of the molecule is CC(C)[C@H](C)/C=C/[C@@H](C)[C@H]1CC[C@H]2C3=CC[C@H]4CC(=O)CC[C@]4(C)[C@H]3CC[C@]12C. The number of fused-ring (bicyclic) bond motifs is 5. The number of carbonyl (C=O) groups excluding carboxylic acids is 1. The Morgan fingerprint density at radius 2 is 1.69 bits per heavy atom. The van der Waals surface area contributed by atoms with E-state index < -0.39 is 0 Å². The van der Waals surface area contributed by atoms with Gasteiger partial charge in [0.15, 0.2) is 0 Å². The van der Waals surface area contributed by atoms with Crippen LogP contribution in [0.2, 0.25) is 0 Å². The third kappa shape index (κ3) is 3.49. The van der Waals surface area contributed by atoms with Crippen molar-refractivity contribution in [2.24, 2.45) is 52.3 Å². The van der Waals surface area contributed by atoms with Crippen LogP contribution in [0.5, 0.6) is 0 Å². The van der Waals surface area contributed by atoms with Gasteiger partial charge in [-0.3, -0.25) is 4.79 Å². The van der Waals surface area contributed by atoms with Crippen LogP contribution in [0.25, 0.3) is 0 Å². The Morgan fingerprint density at radius 3 is 2.41 bits per heavy atom. The van der Waals surface area contributed by atoms with Crippen molar-refractivity contribution >= 4 is 5.78 Å². The Bertz CT molecular complexity index is 699. The van der Waals surface area contributed by atoms with Crippen LogP contribution < -0.4 is 0 Å². The summed E-state index contributed by atoms with van der Waals surface area (Å²) in [6.45, 7) is 14.7. The van der Waals surface area contributed by atoms with Gasteiger partial charge in [-0.05, 0) is 90.8 Å². The van der Waals surface area contributed by atoms with Gasteiger partial charge < -0.3 is 0 Å². The minimum Gasteiger partial charge on any atom is -0.300 e. The molecule has 4 aliphatic rings. The average molecular weight is 397 g/mol. The van der Waals surface area contributed by atoms with Crippen LogP contribution >= 0.6 is 0 Å². The highest BCUT2D eigenvalue weighted by Crippen LogP contribution is 2.66. The summed E-state index contributed by atoms with van der Waals surface area (Å²) in [7, 11) is 0. The van der Waals surface area contributed by atoms with Gasteiger partial charge in [0.1, 0.15) is 5.78 Å². The van der Waals surface area contributed by atoms with Crippen molar-refractivity contribution in [3.8, 4) is 0 Å². The molecule has 0 aliphatic heterocycles. The molecule has 3 fully saturated rings. The molecule has 1 heteroatoms. The molecule has 0 heterocycles. The summed E-state index contributed by atoms with van der Waals surface area (Å²) in [6, 6.07) is 0. The van der Waals surface area contributed by atoms with Crippen molar-refractivity contribution in [2.75, 3.05) is 0 Å². The van der Waals surface area contributed by atoms with E-state index in [1.165, 1.54) is 25.7 Å². The Hall–Kier alpha value is -0.850. The fourth-order valence-electron chi connectivity index (χ4n) is 7.91. The zero-order valence-electron chi connectivity index (χ0n) is 19.8. The standard InChI is InChI=1S/C28H44O/c1-18(2)19(3)7-8-20(4)24-11-12-25-23-10-9-21-17-22(29)13-15-27(21,5)26(23)14-16-28(24,25)6/h7-8,10,18-21,24-26H,9,11-17H2,1-6H3/b8-7+/t19-,20-,21+,24-,25+,26+,27+,28-/m1/s1. The number of Topliss-reactive ketones (excluding diaryl/α,β-unsaturated/α-hetero) is 1. The molecular formula is C28H44O. The molecule has 0 bridgehead atoms. The first-order valence-electron chi connectivity index (χ1n) is 12.6. The van der Waals surface area contributed by atoms with Gasteiger partial charge in [0.05, 0.1) is 0 Å². The molecule has 3 saturated carbocycles. The highest BCUT2D eigenvalue weighted by atomic mass is 16.1. The molecule has 162 valence electrons. The van der Waals surface area contributed by atoms with E-state index in [0.29, 0.717) is 34.4 Å². The summed E-state index contributed by atoms with van der Waals surface area (Å²) in [5, 5.41) is 0. The highest BCUT2D eigenvalue weighted by molar-refractivity contribution is 5.79. The molecule has 0 aromatic carbocycles. The molecule has 4 aliphatic carbocycles. The second-order valence-corrected chi connectivity index (χ2v) is 12.1. The Morgan fingerprint density at radius 1 is 0.966 bits per heavy atom. The minimum absolute atomic E-state index is 0.385. The van der Waals surface area contributed by atoms with E-state index in [4.69, 9.17) is 0 Å². The maximum atomic E-state index is 12.1. The number of allylic oxidation sites excluding steroid dienone is 4.